The Hall–Kier alpha value is -2.01. The second kappa shape index (κ2) is 5.77. The summed E-state index contributed by atoms with van der Waals surface area (Å²) in [6.45, 7) is -5.43. The van der Waals surface area contributed by atoms with Crippen LogP contribution >= 0.6 is 0 Å². The number of rotatable bonds is 5. The Morgan fingerprint density at radius 3 is 3.38 bits per heavy atom. The van der Waals surface area contributed by atoms with E-state index in [1.54, 1.807) is 5.32 Å². The van der Waals surface area contributed by atoms with Gasteiger partial charge in [-0.1, -0.05) is 6.04 Å². The van der Waals surface area contributed by atoms with Gasteiger partial charge >= 0.3 is 6.09 Å². The van der Waals surface area contributed by atoms with Crippen LogP contribution < -0.4 is 5.32 Å². The third-order valence-corrected chi connectivity index (χ3v) is 2.96. The molecule has 0 radical (unpaired) electrons. The summed E-state index contributed by atoms with van der Waals surface area (Å²) in [6.07, 6.45) is -2.96. The van der Waals surface area contributed by atoms with Gasteiger partial charge < -0.3 is 19.9 Å². The van der Waals surface area contributed by atoms with Crippen molar-refractivity contribution in [2.45, 2.75) is 18.8 Å². The van der Waals surface area contributed by atoms with E-state index in [0.717, 1.165) is 4.90 Å². The van der Waals surface area contributed by atoms with Gasteiger partial charge in [0.15, 0.2) is 0 Å². The lowest BCUT2D eigenvalue weighted by Crippen LogP contribution is -2.28. The Labute approximate surface area is 139 Å². The lowest BCUT2D eigenvalue weighted by molar-refractivity contribution is 0.177. The zero-order valence-corrected chi connectivity index (χ0v) is 11.3. The van der Waals surface area contributed by atoms with E-state index >= 15 is 0 Å². The van der Waals surface area contributed by atoms with E-state index in [0.29, 0.717) is 5.56 Å². The largest absolute Gasteiger partial charge is 0.447 e. The molecule has 2 N–H and O–H groups in total. The normalized spacial score (nSPS) is 33.0. The van der Waals surface area contributed by atoms with Crippen LogP contribution in [0.4, 0.5) is 4.79 Å². The number of ether oxygens (including phenoxy) is 1. The van der Waals surface area contributed by atoms with Gasteiger partial charge in [-0.15, -0.1) is 0 Å². The zero-order valence-electron chi connectivity index (χ0n) is 22.3. The second-order valence-corrected chi connectivity index (χ2v) is 4.60. The van der Waals surface area contributed by atoms with Crippen molar-refractivity contribution < 1.29 is 24.6 Å². The highest BCUT2D eigenvalue weighted by Crippen LogP contribution is 2.21. The van der Waals surface area contributed by atoms with Crippen LogP contribution in [0.1, 0.15) is 26.2 Å². The average Bonchev–Trinajstić information content (AvgIpc) is 3.15. The van der Waals surface area contributed by atoms with Crippen LogP contribution in [0.25, 0.3) is 10.9 Å². The molecule has 0 unspecified atom stereocenters. The number of nitrogens with one attached hydrogen (secondary N) is 2. The van der Waals surface area contributed by atoms with Gasteiger partial charge in [-0.05, 0) is 50.0 Å². The van der Waals surface area contributed by atoms with Crippen molar-refractivity contribution in [1.82, 2.24) is 15.2 Å². The number of aromatic nitrogens is 1. The van der Waals surface area contributed by atoms with E-state index in [2.05, 4.69) is 9.72 Å². The molecule has 1 aromatic carbocycles. The molecule has 1 aliphatic heterocycles. The molecule has 0 aliphatic carbocycles. The Morgan fingerprint density at radius 2 is 2.62 bits per heavy atom. The molecule has 1 amide bonds. The molecule has 3 rings (SSSR count). The molecule has 1 atom stereocenters. The highest BCUT2D eigenvalue weighted by atomic mass is 16.6. The molecule has 112 valence electrons. The summed E-state index contributed by atoms with van der Waals surface area (Å²) >= 11 is 0. The summed E-state index contributed by atoms with van der Waals surface area (Å²) in [5, 5.41) is 1.85. The van der Waals surface area contributed by atoms with Crippen LogP contribution in [-0.2, 0) is 17.5 Å². The minimum atomic E-state index is -3.15. The number of cyclic esters (lactones) is 1. The van der Waals surface area contributed by atoms with Gasteiger partial charge in [-0.3, -0.25) is 0 Å². The summed E-state index contributed by atoms with van der Waals surface area (Å²) in [7, 11) is 1.39. The number of aromatic amines is 1. The quantitative estimate of drug-likeness (QED) is 0.887. The Bertz CT molecular complexity index is 1080. The maximum absolute atomic E-state index is 11.6. The minimum absolute atomic E-state index is 0.0515. The second-order valence-electron chi connectivity index (χ2n) is 4.60. The highest BCUT2D eigenvalue weighted by molar-refractivity contribution is 5.84. The third kappa shape index (κ3) is 3.19. The maximum Gasteiger partial charge on any atom is 0.407 e. The van der Waals surface area contributed by atoms with Gasteiger partial charge in [-0.2, -0.15) is 0 Å². The first-order chi connectivity index (χ1) is 14.5. The number of nitrogens with zero attached hydrogens (tertiary/aromatic N) is 1. The molecule has 2 heterocycles. The average molecular weight is 298 g/mol. The fraction of sp³-hybridized carbons (Fsp3) is 0.438. The molecule has 5 nitrogen and oxygen atoms in total. The summed E-state index contributed by atoms with van der Waals surface area (Å²) in [5.41, 5.74) is -0.315. The number of carbonyl (C=O) groups excluding carboxylic acids is 1. The van der Waals surface area contributed by atoms with Crippen LogP contribution in [0, 0.1) is 0 Å². The maximum atomic E-state index is 11.6. The van der Waals surface area contributed by atoms with E-state index in [1.165, 1.54) is 13.2 Å². The van der Waals surface area contributed by atoms with Crippen LogP contribution in [-0.4, -0.2) is 49.1 Å². The molecule has 2 aromatic rings. The lowest BCUT2D eigenvalue weighted by atomic mass is 10.0. The van der Waals surface area contributed by atoms with Crippen LogP contribution in [0.15, 0.2) is 24.3 Å². The van der Waals surface area contributed by atoms with Gasteiger partial charge in [0.2, 0.25) is 0 Å². The first kappa shape index (κ1) is 6.01. The summed E-state index contributed by atoms with van der Waals surface area (Å²) in [5.74, 6) is 0. The van der Waals surface area contributed by atoms with E-state index in [1.807, 2.05) is 0 Å². The van der Waals surface area contributed by atoms with Crippen molar-refractivity contribution in [3.8, 4) is 0 Å². The lowest BCUT2D eigenvalue weighted by Gasteiger charge is -2.09. The molecule has 0 bridgehead atoms. The summed E-state index contributed by atoms with van der Waals surface area (Å²) < 4.78 is 92.7. The van der Waals surface area contributed by atoms with E-state index in [-0.39, 0.29) is 23.9 Å². The number of carbonyl (C=O) groups is 1. The van der Waals surface area contributed by atoms with E-state index in [9.17, 15) is 4.79 Å². The van der Waals surface area contributed by atoms with Crippen molar-refractivity contribution >= 4 is 17.0 Å². The number of benzene rings is 1. The van der Waals surface area contributed by atoms with Crippen LogP contribution in [0.3, 0.4) is 0 Å². The molecular weight excluding hydrogens is 266 g/mol. The van der Waals surface area contributed by atoms with E-state index < -0.39 is 55.7 Å². The Balaban J connectivity index is 2.17. The molecular formula is C16H21N3O2. The Morgan fingerprint density at radius 1 is 1.71 bits per heavy atom. The van der Waals surface area contributed by atoms with Crippen molar-refractivity contribution in [3.05, 3.63) is 35.5 Å². The summed E-state index contributed by atoms with van der Waals surface area (Å²) in [4.78, 5) is 15.5. The number of hydrogen-bond donors (Lipinski definition) is 2. The van der Waals surface area contributed by atoms with Gasteiger partial charge in [0, 0.05) is 30.5 Å². The van der Waals surface area contributed by atoms with Crippen molar-refractivity contribution in [2.75, 3.05) is 27.1 Å². The highest BCUT2D eigenvalue weighted by Gasteiger charge is 2.22. The van der Waals surface area contributed by atoms with Crippen molar-refractivity contribution in [3.63, 3.8) is 0 Å². The number of amides is 1. The molecule has 1 saturated heterocycles. The first-order valence-electron chi connectivity index (χ1n) is 11.8. The van der Waals surface area contributed by atoms with Gasteiger partial charge in [0.05, 0.1) is 14.2 Å². The smallest absolute Gasteiger partial charge is 0.407 e. The number of hydrogen-bond acceptors (Lipinski definition) is 3. The monoisotopic (exact) mass is 298 g/mol. The number of alkyl carbamates (subject to hydrolysis) is 1. The van der Waals surface area contributed by atoms with Gasteiger partial charge in [0.25, 0.3) is 0 Å². The standard InChI is InChI=1S/C16H21N3O2/c1-19(2)6-5-12-9-17-15-4-3-11(8-14(12)15)7-13-10-21-16(20)18-13/h3-4,8-9,13,17H,5-7,10H2,1-2H3,(H,18,20)/t13-/m0/s1/i1D3,3D,4D,7D2,8D,10D2,13D. The number of H-pyrrole nitrogens is 1. The summed E-state index contributed by atoms with van der Waals surface area (Å²) in [6, 6.07) is -4.84. The molecule has 5 heteroatoms. The van der Waals surface area contributed by atoms with Gasteiger partial charge in [0.1, 0.15) is 6.56 Å². The van der Waals surface area contributed by atoms with Crippen LogP contribution in [0.2, 0.25) is 0 Å². The van der Waals surface area contributed by atoms with Crippen LogP contribution in [0.5, 0.6) is 0 Å². The number of likely N-dealkylation sites (N-methyl/N-ethyl adjacent to an activating group) is 1. The first-order valence-corrected chi connectivity index (χ1v) is 6.28. The SMILES string of the molecule is [2H]c1c(C([2H])([2H])[C@]2([2H])NC(=O)OC2([2H])[2H])c([2H])c2c(CCN(C)C([2H])([2H])[2H])c[nH]c2c1[2H]. The molecule has 0 saturated carbocycles. The van der Waals surface area contributed by atoms with Crippen molar-refractivity contribution in [2.24, 2.45) is 0 Å². The molecule has 0 spiro atoms. The molecule has 21 heavy (non-hydrogen) atoms. The van der Waals surface area contributed by atoms with E-state index in [4.69, 9.17) is 15.1 Å². The fourth-order valence-electron chi connectivity index (χ4n) is 1.97. The Kier molecular flexibility index (Phi) is 1.65. The number of fused-ring (bicyclic) bond motifs is 1. The van der Waals surface area contributed by atoms with Crippen molar-refractivity contribution in [1.29, 1.82) is 0 Å². The fourth-order valence-corrected chi connectivity index (χ4v) is 1.97. The zero-order chi connectivity index (χ0) is 24.4. The topological polar surface area (TPSA) is 57.4 Å². The predicted octanol–water partition coefficient (Wildman–Crippen LogP) is 1.92. The predicted molar refractivity (Wildman–Crippen MR) is 82.5 cm³/mol. The molecule has 1 fully saturated rings. The minimum Gasteiger partial charge on any atom is -0.447 e. The molecule has 1 aliphatic rings. The third-order valence-electron chi connectivity index (χ3n) is 2.96. The molecule has 1 aromatic heterocycles. The van der Waals surface area contributed by atoms with Gasteiger partial charge in [-0.25, -0.2) is 4.79 Å².